The Morgan fingerprint density at radius 2 is 2.04 bits per heavy atom. The smallest absolute Gasteiger partial charge is 0.302 e. The Balaban J connectivity index is 2.69. The van der Waals surface area contributed by atoms with Crippen LogP contribution >= 0.6 is 11.6 Å². The minimum atomic E-state index is -4.56. The lowest BCUT2D eigenvalue weighted by Crippen LogP contribution is -2.31. The van der Waals surface area contributed by atoms with Crippen molar-refractivity contribution in [2.45, 2.75) is 11.8 Å². The Labute approximate surface area is 135 Å². The highest BCUT2D eigenvalue weighted by Gasteiger charge is 2.29. The maximum absolute atomic E-state index is 12.5. The number of para-hydroxylation sites is 1. The molecule has 23 heavy (non-hydrogen) atoms. The molecule has 1 N–H and O–H groups in total. The molecule has 122 valence electrons. The summed E-state index contributed by atoms with van der Waals surface area (Å²) in [6.07, 6.45) is 1.07. The minimum Gasteiger partial charge on any atom is -0.383 e. The quantitative estimate of drug-likeness (QED) is 0.633. The number of hydrogen-bond acceptors (Lipinski definition) is 7. The molecule has 0 amide bonds. The first-order valence-corrected chi connectivity index (χ1v) is 8.13. The molecule has 11 heteroatoms. The van der Waals surface area contributed by atoms with Crippen molar-refractivity contribution >= 4 is 33.0 Å². The third-order valence-electron chi connectivity index (χ3n) is 2.82. The van der Waals surface area contributed by atoms with Crippen LogP contribution in [-0.2, 0) is 10.0 Å². The van der Waals surface area contributed by atoms with E-state index >= 15 is 0 Å². The van der Waals surface area contributed by atoms with Crippen molar-refractivity contribution in [2.75, 3.05) is 11.9 Å². The number of nitro groups is 1. The Morgan fingerprint density at radius 3 is 2.65 bits per heavy atom. The Morgan fingerprint density at radius 1 is 1.39 bits per heavy atom. The van der Waals surface area contributed by atoms with Gasteiger partial charge in [-0.05, 0) is 13.0 Å². The number of benzene rings is 1. The number of anilines is 1. The fourth-order valence-electron chi connectivity index (χ4n) is 1.82. The van der Waals surface area contributed by atoms with Crippen LogP contribution in [0.25, 0.3) is 0 Å². The van der Waals surface area contributed by atoms with Crippen LogP contribution in [0.2, 0.25) is 5.02 Å². The molecule has 9 nitrogen and oxygen atoms in total. The van der Waals surface area contributed by atoms with Crippen LogP contribution in [0, 0.1) is 10.1 Å². The fraction of sp³-hybridized carbons (Fsp3) is 0.167. The third-order valence-corrected chi connectivity index (χ3v) is 4.81. The molecule has 0 atom stereocenters. The summed E-state index contributed by atoms with van der Waals surface area (Å²) in [5.41, 5.74) is -1.58. The van der Waals surface area contributed by atoms with E-state index in [-0.39, 0.29) is 14.8 Å². The van der Waals surface area contributed by atoms with E-state index in [0.29, 0.717) is 6.54 Å². The second-order valence-corrected chi connectivity index (χ2v) is 6.39. The number of halogens is 1. The third kappa shape index (κ3) is 3.03. The Kier molecular flexibility index (Phi) is 4.66. The van der Waals surface area contributed by atoms with Crippen molar-refractivity contribution in [3.8, 4) is 0 Å². The van der Waals surface area contributed by atoms with Gasteiger partial charge in [-0.1, -0.05) is 23.7 Å². The van der Waals surface area contributed by atoms with E-state index in [1.54, 1.807) is 6.92 Å². The number of nitrogens with one attached hydrogen (secondary N) is 1. The fourth-order valence-corrected chi connectivity index (χ4v) is 3.39. The molecule has 2 rings (SSSR count). The zero-order valence-electron chi connectivity index (χ0n) is 11.8. The van der Waals surface area contributed by atoms with Gasteiger partial charge in [-0.2, -0.15) is 13.5 Å². The number of aromatic nitrogens is 2. The van der Waals surface area contributed by atoms with Gasteiger partial charge in [-0.25, -0.2) is 0 Å². The molecule has 0 fully saturated rings. The van der Waals surface area contributed by atoms with Crippen LogP contribution in [-0.4, -0.2) is 29.1 Å². The van der Waals surface area contributed by atoms with Crippen LogP contribution in [0.1, 0.15) is 6.92 Å². The first kappa shape index (κ1) is 16.9. The summed E-state index contributed by atoms with van der Waals surface area (Å²) in [4.78, 5) is 21.6. The molecule has 0 saturated heterocycles. The van der Waals surface area contributed by atoms with Gasteiger partial charge in [-0.3, -0.25) is 14.9 Å². The maximum Gasteiger partial charge on any atom is 0.302 e. The summed E-state index contributed by atoms with van der Waals surface area (Å²) < 4.78 is 25.2. The van der Waals surface area contributed by atoms with Gasteiger partial charge in [0, 0.05) is 12.6 Å². The molecule has 0 aliphatic heterocycles. The number of nitro benzene ring substituents is 1. The summed E-state index contributed by atoms with van der Waals surface area (Å²) >= 11 is 5.84. The molecule has 0 unspecified atom stereocenters. The van der Waals surface area contributed by atoms with Gasteiger partial charge >= 0.3 is 5.56 Å². The van der Waals surface area contributed by atoms with Gasteiger partial charge in [0.2, 0.25) is 0 Å². The van der Waals surface area contributed by atoms with E-state index in [9.17, 15) is 23.3 Å². The van der Waals surface area contributed by atoms with Crippen LogP contribution in [0.5, 0.6) is 0 Å². The highest BCUT2D eigenvalue weighted by molar-refractivity contribution is 7.90. The van der Waals surface area contributed by atoms with Crippen molar-refractivity contribution in [1.82, 2.24) is 9.19 Å². The van der Waals surface area contributed by atoms with E-state index in [1.165, 1.54) is 12.1 Å². The molecule has 0 bridgehead atoms. The molecule has 0 saturated carbocycles. The topological polar surface area (TPSA) is 124 Å². The molecule has 2 aromatic rings. The van der Waals surface area contributed by atoms with Crippen LogP contribution in [0.15, 0.2) is 40.2 Å². The lowest BCUT2D eigenvalue weighted by molar-refractivity contribution is -0.387. The van der Waals surface area contributed by atoms with Crippen molar-refractivity contribution in [1.29, 1.82) is 0 Å². The predicted octanol–water partition coefficient (Wildman–Crippen LogP) is 1.47. The van der Waals surface area contributed by atoms with Crippen molar-refractivity contribution in [2.24, 2.45) is 0 Å². The average Bonchev–Trinajstić information content (AvgIpc) is 2.52. The standard InChI is InChI=1S/C12H11ClN4O5S/c1-2-14-8-7-15-16(12(18)11(8)13)23(21,22)10-6-4-3-5-9(10)17(19)20/h3-7,14H,2H2,1H3. The first-order chi connectivity index (χ1) is 10.8. The second kappa shape index (κ2) is 6.34. The molecule has 0 spiro atoms. The van der Waals surface area contributed by atoms with Crippen molar-refractivity contribution < 1.29 is 13.3 Å². The molecular weight excluding hydrogens is 348 g/mol. The maximum atomic E-state index is 12.5. The summed E-state index contributed by atoms with van der Waals surface area (Å²) in [5, 5.41) is 16.9. The molecule has 0 aliphatic carbocycles. The highest BCUT2D eigenvalue weighted by atomic mass is 35.5. The van der Waals surface area contributed by atoms with E-state index in [4.69, 9.17) is 11.6 Å². The van der Waals surface area contributed by atoms with Gasteiger partial charge in [0.05, 0.1) is 16.8 Å². The Bertz CT molecular complexity index is 925. The second-order valence-electron chi connectivity index (χ2n) is 4.28. The number of nitrogens with zero attached hydrogens (tertiary/aromatic N) is 3. The summed E-state index contributed by atoms with van der Waals surface area (Å²) in [6, 6.07) is 4.66. The monoisotopic (exact) mass is 358 g/mol. The van der Waals surface area contributed by atoms with Crippen LogP contribution in [0.4, 0.5) is 11.4 Å². The molecule has 0 radical (unpaired) electrons. The largest absolute Gasteiger partial charge is 0.383 e. The zero-order valence-corrected chi connectivity index (χ0v) is 13.3. The van der Waals surface area contributed by atoms with Crippen LogP contribution < -0.4 is 10.9 Å². The average molecular weight is 359 g/mol. The van der Waals surface area contributed by atoms with Crippen molar-refractivity contribution in [3.63, 3.8) is 0 Å². The molecule has 1 heterocycles. The molecule has 1 aromatic heterocycles. The summed E-state index contributed by atoms with van der Waals surface area (Å²) in [7, 11) is -4.56. The van der Waals surface area contributed by atoms with E-state index in [2.05, 4.69) is 10.4 Å². The van der Waals surface area contributed by atoms with Gasteiger partial charge in [0.15, 0.2) is 4.90 Å². The minimum absolute atomic E-state index is 0.137. The SMILES string of the molecule is CCNc1cnn(S(=O)(=O)c2ccccc2[N+](=O)[O-])c(=O)c1Cl. The van der Waals surface area contributed by atoms with E-state index in [0.717, 1.165) is 18.3 Å². The molecule has 0 aliphatic rings. The lowest BCUT2D eigenvalue weighted by Gasteiger charge is -2.09. The molecular formula is C12H11ClN4O5S. The predicted molar refractivity (Wildman–Crippen MR) is 83.4 cm³/mol. The normalized spacial score (nSPS) is 11.2. The highest BCUT2D eigenvalue weighted by Crippen LogP contribution is 2.25. The van der Waals surface area contributed by atoms with E-state index in [1.807, 2.05) is 0 Å². The summed E-state index contributed by atoms with van der Waals surface area (Å²) in [6.45, 7) is 2.20. The summed E-state index contributed by atoms with van der Waals surface area (Å²) in [5.74, 6) is 0. The first-order valence-electron chi connectivity index (χ1n) is 6.31. The van der Waals surface area contributed by atoms with Gasteiger partial charge < -0.3 is 5.32 Å². The Hall–Kier alpha value is -2.46. The lowest BCUT2D eigenvalue weighted by atomic mass is 10.3. The van der Waals surface area contributed by atoms with Crippen molar-refractivity contribution in [3.05, 3.63) is 56.0 Å². The van der Waals surface area contributed by atoms with E-state index < -0.39 is 31.1 Å². The van der Waals surface area contributed by atoms with Gasteiger partial charge in [-0.15, -0.1) is 4.09 Å². The van der Waals surface area contributed by atoms with Crippen LogP contribution in [0.3, 0.4) is 0 Å². The molecule has 1 aromatic carbocycles. The van der Waals surface area contributed by atoms with Gasteiger partial charge in [0.1, 0.15) is 5.02 Å². The number of hydrogen-bond donors (Lipinski definition) is 1. The zero-order chi connectivity index (χ0) is 17.2. The number of rotatable bonds is 5. The van der Waals surface area contributed by atoms with Gasteiger partial charge in [0.25, 0.3) is 15.7 Å².